The molecule has 0 fully saturated rings. The maximum atomic E-state index is 13.6. The minimum Gasteiger partial charge on any atom is -0.464 e. The van der Waals surface area contributed by atoms with Gasteiger partial charge >= 0.3 is 5.97 Å². The lowest BCUT2D eigenvalue weighted by atomic mass is 10.0. The number of benzene rings is 1. The first-order valence-corrected chi connectivity index (χ1v) is 5.44. The van der Waals surface area contributed by atoms with Crippen LogP contribution in [0.3, 0.4) is 0 Å². The Morgan fingerprint density at radius 3 is 1.90 bits per heavy atom. The van der Waals surface area contributed by atoms with Gasteiger partial charge in [-0.15, -0.1) is 0 Å². The minimum atomic E-state index is -2.24. The summed E-state index contributed by atoms with van der Waals surface area (Å²) in [5, 5.41) is 0. The molecule has 0 aliphatic carbocycles. The Hall–Kier alpha value is -2.51. The van der Waals surface area contributed by atoms with Gasteiger partial charge in [0.15, 0.2) is 23.3 Å². The van der Waals surface area contributed by atoms with E-state index in [2.05, 4.69) is 9.72 Å². The highest BCUT2D eigenvalue weighted by molar-refractivity contribution is 5.87. The fraction of sp³-hybridized carbons (Fsp3) is 0.0769. The smallest absolute Gasteiger partial charge is 0.356 e. The van der Waals surface area contributed by atoms with Gasteiger partial charge in [0.2, 0.25) is 5.82 Å². The summed E-state index contributed by atoms with van der Waals surface area (Å²) in [5.41, 5.74) is -1.66. The molecule has 1 aromatic carbocycles. The van der Waals surface area contributed by atoms with Crippen LogP contribution >= 0.6 is 0 Å². The van der Waals surface area contributed by atoms with Gasteiger partial charge in [0.05, 0.1) is 12.7 Å². The summed E-state index contributed by atoms with van der Waals surface area (Å²) in [4.78, 5) is 14.7. The van der Waals surface area contributed by atoms with Crippen molar-refractivity contribution in [2.75, 3.05) is 7.11 Å². The van der Waals surface area contributed by atoms with E-state index in [9.17, 15) is 26.7 Å². The van der Waals surface area contributed by atoms with Crippen molar-refractivity contribution in [2.24, 2.45) is 0 Å². The van der Waals surface area contributed by atoms with Crippen molar-refractivity contribution in [3.63, 3.8) is 0 Å². The van der Waals surface area contributed by atoms with E-state index >= 15 is 0 Å². The van der Waals surface area contributed by atoms with Crippen molar-refractivity contribution in [1.29, 1.82) is 0 Å². The second-order valence-corrected chi connectivity index (χ2v) is 3.87. The minimum absolute atomic E-state index is 0.176. The molecule has 21 heavy (non-hydrogen) atoms. The number of carbonyl (C=O) groups excluding carboxylic acids is 1. The molecule has 2 rings (SSSR count). The van der Waals surface area contributed by atoms with Crippen LogP contribution < -0.4 is 0 Å². The lowest BCUT2D eigenvalue weighted by molar-refractivity contribution is 0.0594. The first-order valence-electron chi connectivity index (χ1n) is 5.44. The van der Waals surface area contributed by atoms with Crippen molar-refractivity contribution in [3.8, 4) is 11.1 Å². The summed E-state index contributed by atoms with van der Waals surface area (Å²) in [6.45, 7) is 0. The number of pyridine rings is 1. The summed E-state index contributed by atoms with van der Waals surface area (Å²) < 4.78 is 70.6. The van der Waals surface area contributed by atoms with Crippen LogP contribution in [0.4, 0.5) is 22.0 Å². The fourth-order valence-electron chi connectivity index (χ4n) is 1.63. The second kappa shape index (κ2) is 5.47. The van der Waals surface area contributed by atoms with Gasteiger partial charge in [-0.2, -0.15) is 0 Å². The maximum absolute atomic E-state index is 13.6. The summed E-state index contributed by atoms with van der Waals surface area (Å²) in [6, 6.07) is 2.04. The Labute approximate surface area is 115 Å². The molecular weight excluding hydrogens is 297 g/mol. The SMILES string of the molecule is COC(=O)c1ccc(-c2c(F)c(F)c(F)c(F)c2F)cn1. The molecule has 1 aromatic heterocycles. The molecule has 2 aromatic rings. The van der Waals surface area contributed by atoms with Crippen molar-refractivity contribution in [3.05, 3.63) is 53.1 Å². The van der Waals surface area contributed by atoms with E-state index in [4.69, 9.17) is 0 Å². The van der Waals surface area contributed by atoms with E-state index in [0.29, 0.717) is 0 Å². The van der Waals surface area contributed by atoms with E-state index in [1.54, 1.807) is 0 Å². The molecule has 0 spiro atoms. The van der Waals surface area contributed by atoms with Crippen LogP contribution in [0.5, 0.6) is 0 Å². The van der Waals surface area contributed by atoms with Crippen LogP contribution in [0.2, 0.25) is 0 Å². The quantitative estimate of drug-likeness (QED) is 0.370. The molecule has 3 nitrogen and oxygen atoms in total. The first kappa shape index (κ1) is 14.9. The lowest BCUT2D eigenvalue weighted by Gasteiger charge is -2.08. The van der Waals surface area contributed by atoms with E-state index in [1.165, 1.54) is 0 Å². The molecule has 0 radical (unpaired) electrons. The third-order valence-corrected chi connectivity index (χ3v) is 2.66. The van der Waals surface area contributed by atoms with E-state index in [1.807, 2.05) is 0 Å². The third-order valence-electron chi connectivity index (χ3n) is 2.66. The van der Waals surface area contributed by atoms with Crippen molar-refractivity contribution in [1.82, 2.24) is 4.98 Å². The summed E-state index contributed by atoms with van der Waals surface area (Å²) in [7, 11) is 1.10. The zero-order valence-electron chi connectivity index (χ0n) is 10.4. The van der Waals surface area contributed by atoms with E-state index in [-0.39, 0.29) is 11.3 Å². The molecule has 0 atom stereocenters. The number of methoxy groups -OCH3 is 1. The number of aromatic nitrogens is 1. The van der Waals surface area contributed by atoms with Crippen LogP contribution in [0.1, 0.15) is 10.5 Å². The van der Waals surface area contributed by atoms with Crippen LogP contribution in [0.15, 0.2) is 18.3 Å². The van der Waals surface area contributed by atoms with Gasteiger partial charge in [0.1, 0.15) is 5.69 Å². The molecule has 0 saturated heterocycles. The number of halogens is 5. The molecule has 0 N–H and O–H groups in total. The van der Waals surface area contributed by atoms with Crippen molar-refractivity contribution < 1.29 is 31.5 Å². The predicted octanol–water partition coefficient (Wildman–Crippen LogP) is 3.23. The molecule has 0 bridgehead atoms. The van der Waals surface area contributed by atoms with Crippen molar-refractivity contribution >= 4 is 5.97 Å². The number of nitrogens with zero attached hydrogens (tertiary/aromatic N) is 1. The highest BCUT2D eigenvalue weighted by atomic mass is 19.2. The number of rotatable bonds is 2. The van der Waals surface area contributed by atoms with Gasteiger partial charge in [-0.3, -0.25) is 0 Å². The summed E-state index contributed by atoms with van der Waals surface area (Å²) >= 11 is 0. The number of hydrogen-bond donors (Lipinski definition) is 0. The molecule has 0 unspecified atom stereocenters. The Bertz CT molecular complexity index is 686. The molecule has 1 heterocycles. The summed E-state index contributed by atoms with van der Waals surface area (Å²) in [6.07, 6.45) is 0.810. The molecular formula is C13H6F5NO2. The second-order valence-electron chi connectivity index (χ2n) is 3.87. The lowest BCUT2D eigenvalue weighted by Crippen LogP contribution is -2.06. The first-order chi connectivity index (χ1) is 9.88. The Morgan fingerprint density at radius 1 is 0.952 bits per heavy atom. The zero-order chi connectivity index (χ0) is 15.7. The molecule has 0 aliphatic heterocycles. The highest BCUT2D eigenvalue weighted by Gasteiger charge is 2.26. The highest BCUT2D eigenvalue weighted by Crippen LogP contribution is 2.31. The normalized spacial score (nSPS) is 10.6. The standard InChI is InChI=1S/C13H6F5NO2/c1-21-13(20)6-3-2-5(4-19-6)7-8(14)10(16)12(18)11(17)9(7)15/h2-4H,1H3. The van der Waals surface area contributed by atoms with E-state index < -0.39 is 40.6 Å². The monoisotopic (exact) mass is 303 g/mol. The van der Waals surface area contributed by atoms with Gasteiger partial charge in [0, 0.05) is 11.8 Å². The van der Waals surface area contributed by atoms with Gasteiger partial charge < -0.3 is 4.74 Å². The van der Waals surface area contributed by atoms with Crippen LogP contribution in [0.25, 0.3) is 11.1 Å². The molecule has 0 saturated carbocycles. The molecule has 8 heteroatoms. The fourth-order valence-corrected chi connectivity index (χ4v) is 1.63. The number of carbonyl (C=O) groups is 1. The van der Waals surface area contributed by atoms with Gasteiger partial charge in [-0.1, -0.05) is 6.07 Å². The predicted molar refractivity (Wildman–Crippen MR) is 60.8 cm³/mol. The van der Waals surface area contributed by atoms with Gasteiger partial charge in [0.25, 0.3) is 0 Å². The average molecular weight is 303 g/mol. The van der Waals surface area contributed by atoms with Crippen LogP contribution in [-0.4, -0.2) is 18.1 Å². The van der Waals surface area contributed by atoms with Gasteiger partial charge in [-0.25, -0.2) is 31.7 Å². The Balaban J connectivity index is 2.60. The number of esters is 1. The summed E-state index contributed by atoms with van der Waals surface area (Å²) in [5.74, 6) is -11.1. The topological polar surface area (TPSA) is 39.2 Å². The Kier molecular flexibility index (Phi) is 3.88. The third kappa shape index (κ3) is 2.44. The molecule has 0 amide bonds. The van der Waals surface area contributed by atoms with Gasteiger partial charge in [-0.05, 0) is 6.07 Å². The van der Waals surface area contributed by atoms with Crippen LogP contribution in [0, 0.1) is 29.1 Å². The maximum Gasteiger partial charge on any atom is 0.356 e. The molecule has 110 valence electrons. The average Bonchev–Trinajstić information content (AvgIpc) is 2.51. The molecule has 0 aliphatic rings. The van der Waals surface area contributed by atoms with Crippen LogP contribution in [-0.2, 0) is 4.74 Å². The number of ether oxygens (including phenoxy) is 1. The largest absolute Gasteiger partial charge is 0.464 e. The van der Waals surface area contributed by atoms with Crippen molar-refractivity contribution in [2.45, 2.75) is 0 Å². The number of hydrogen-bond acceptors (Lipinski definition) is 3. The van der Waals surface area contributed by atoms with E-state index in [0.717, 1.165) is 25.4 Å². The zero-order valence-corrected chi connectivity index (χ0v) is 10.4. The Morgan fingerprint density at radius 2 is 1.48 bits per heavy atom.